The lowest BCUT2D eigenvalue weighted by molar-refractivity contribution is -0.659. The van der Waals surface area contributed by atoms with E-state index in [1.165, 1.54) is 253 Å². The molecule has 3 heterocycles. The van der Waals surface area contributed by atoms with Crippen LogP contribution in [-0.4, -0.2) is 24.2 Å². The molecule has 568 valence electrons. The van der Waals surface area contributed by atoms with Crippen molar-refractivity contribution >= 4 is 72.1 Å². The second-order valence-corrected chi connectivity index (χ2v) is 54.5. The number of nitrogens with zero attached hydrogens (tertiary/aromatic N) is 3. The maximum atomic E-state index is 2.67. The van der Waals surface area contributed by atoms with Crippen molar-refractivity contribution in [3.05, 3.63) is 178 Å². The van der Waals surface area contributed by atoms with Gasteiger partial charge in [-0.1, -0.05) is 293 Å². The summed E-state index contributed by atoms with van der Waals surface area (Å²) >= 11 is 0. The minimum atomic E-state index is -1.63. The molecule has 4 aliphatic rings. The number of aryl methyl sites for hydroxylation is 5. The van der Waals surface area contributed by atoms with E-state index in [2.05, 4.69) is 300 Å². The van der Waals surface area contributed by atoms with E-state index in [4.69, 9.17) is 0 Å². The van der Waals surface area contributed by atoms with Crippen LogP contribution in [0.25, 0.3) is 66.1 Å². The number of rotatable bonds is 16. The first kappa shape index (κ1) is 81.2. The van der Waals surface area contributed by atoms with Crippen molar-refractivity contribution < 1.29 is 13.7 Å². The summed E-state index contributed by atoms with van der Waals surface area (Å²) in [5.41, 5.74) is 20.6. The first-order valence-electron chi connectivity index (χ1n) is 43.2. The van der Waals surface area contributed by atoms with Gasteiger partial charge in [-0.3, -0.25) is 0 Å². The molecule has 0 saturated heterocycles. The summed E-state index contributed by atoms with van der Waals surface area (Å²) in [6.07, 6.45) is 34.5. The molecule has 0 N–H and O–H groups in total. The summed E-state index contributed by atoms with van der Waals surface area (Å²) in [5.74, 6) is 2.93. The standard InChI is InChI=1S/C37H54NSi.C32H46NSi.C31H44NSi/c1-8-39(9-2,37(4,5)6)32-20-21-33-30(24-32)22-23-38(7)36(33)35-26-31(28-16-12-10-13-17-28)25-34(27(35)3)29-18-14-11-15-19-29;1-9-34(10-2,32(5,6)7)28-16-17-29-26(21-28)18-19-33(8)31(29)30-22-27(20-23(3)24(30)4)25-14-12-11-13-15-25;1-8-33(9-2,31(4,5)6)27-17-18-28-26(21-27)19-20-32(7)30(28)29-22-25(16-15-23(29)3)24-13-11-10-12-14-24/h20-26,28-29H,8-19H2,1-7H3;16-22,25H,9-15H2,1-8H3;15-22,24H,8-14H2,1-7H3/q3*+1. The molecular weight excluding hydrogens is 1330 g/mol. The van der Waals surface area contributed by atoms with Crippen LogP contribution in [0.5, 0.6) is 0 Å². The van der Waals surface area contributed by atoms with Gasteiger partial charge >= 0.3 is 0 Å². The summed E-state index contributed by atoms with van der Waals surface area (Å²) in [5, 5.41) is 14.4. The van der Waals surface area contributed by atoms with Crippen LogP contribution >= 0.6 is 0 Å². The predicted molar refractivity (Wildman–Crippen MR) is 472 cm³/mol. The summed E-state index contributed by atoms with van der Waals surface area (Å²) in [6, 6.07) is 55.0. The Morgan fingerprint density at radius 3 is 0.943 bits per heavy atom. The molecule has 4 aliphatic carbocycles. The van der Waals surface area contributed by atoms with E-state index in [9.17, 15) is 0 Å². The second-order valence-electron chi connectivity index (χ2n) is 37.6. The Kier molecular flexibility index (Phi) is 25.9. The van der Waals surface area contributed by atoms with Gasteiger partial charge in [-0.2, -0.15) is 0 Å². The molecule has 0 atom stereocenters. The SMILES string of the molecule is CC[Si](CC)(c1ccc2c(-c3cc(C4CCCCC4)cc(C)c3C)[n+](C)ccc2c1)C(C)(C)C.CC[Si](CC)(c1ccc2c(-c3cc(C4CCCCC4)cc(C4CCCCC4)c3C)[n+](C)ccc2c1)C(C)(C)C.CC[Si](CC)(c1ccc2c(-c3cc(C4CCCCC4)ccc3C)[n+](C)ccc2c1)C(C)(C)C. The Morgan fingerprint density at radius 2 is 0.604 bits per heavy atom. The zero-order valence-corrected chi connectivity index (χ0v) is 74.2. The van der Waals surface area contributed by atoms with Crippen LogP contribution in [0.1, 0.15) is 300 Å². The Hall–Kier alpha value is -5.80. The molecule has 3 aromatic heterocycles. The topological polar surface area (TPSA) is 11.6 Å². The number of hydrogen-bond donors (Lipinski definition) is 0. The Labute approximate surface area is 649 Å². The monoisotopic (exact) mass is 1470 g/mol. The highest BCUT2D eigenvalue weighted by molar-refractivity contribution is 6.95. The lowest BCUT2D eigenvalue weighted by Gasteiger charge is -2.42. The van der Waals surface area contributed by atoms with Gasteiger partial charge in [0.25, 0.3) is 0 Å². The normalized spacial score (nSPS) is 16.7. The minimum Gasteiger partial charge on any atom is -0.200 e. The minimum absolute atomic E-state index is 0.353. The van der Waals surface area contributed by atoms with Crippen molar-refractivity contribution in [2.45, 2.75) is 335 Å². The van der Waals surface area contributed by atoms with E-state index in [0.29, 0.717) is 15.1 Å². The highest BCUT2D eigenvalue weighted by Crippen LogP contribution is 2.48. The van der Waals surface area contributed by atoms with Crippen LogP contribution in [-0.2, 0) is 21.1 Å². The van der Waals surface area contributed by atoms with Crippen LogP contribution < -0.4 is 29.3 Å². The van der Waals surface area contributed by atoms with Crippen molar-refractivity contribution in [1.82, 2.24) is 0 Å². The van der Waals surface area contributed by atoms with Gasteiger partial charge in [0.15, 0.2) is 18.6 Å². The molecule has 0 bridgehead atoms. The third-order valence-corrected chi connectivity index (χ3v) is 49.6. The Bertz CT molecular complexity index is 4510. The van der Waals surface area contributed by atoms with Gasteiger partial charge in [0.1, 0.15) is 21.1 Å². The third-order valence-electron chi connectivity index (χ3n) is 29.5. The summed E-state index contributed by atoms with van der Waals surface area (Å²) in [6.45, 7) is 46.1. The van der Waals surface area contributed by atoms with Gasteiger partial charge in [0.05, 0.1) is 51.5 Å². The van der Waals surface area contributed by atoms with Gasteiger partial charge in [-0.25, -0.2) is 13.7 Å². The van der Waals surface area contributed by atoms with Crippen LogP contribution in [0.15, 0.2) is 134 Å². The molecule has 0 spiro atoms. The molecule has 6 aromatic carbocycles. The van der Waals surface area contributed by atoms with Crippen LogP contribution in [0.2, 0.25) is 51.4 Å². The lowest BCUT2D eigenvalue weighted by atomic mass is 9.76. The molecule has 0 amide bonds. The van der Waals surface area contributed by atoms with Crippen LogP contribution in [0.3, 0.4) is 0 Å². The molecule has 6 heteroatoms. The van der Waals surface area contributed by atoms with E-state index in [1.54, 1.807) is 37.8 Å². The molecule has 3 nitrogen and oxygen atoms in total. The average molecular weight is 1470 g/mol. The molecule has 4 fully saturated rings. The smallest absolute Gasteiger partial charge is 0.200 e. The fraction of sp³-hybridized carbons (Fsp3) is 0.550. The molecule has 0 unspecified atom stereocenters. The van der Waals surface area contributed by atoms with E-state index in [-0.39, 0.29) is 0 Å². The molecular formula is C100H144N3Si3+3. The number of aromatic nitrogens is 3. The molecule has 0 radical (unpaired) electrons. The third kappa shape index (κ3) is 16.1. The average Bonchev–Trinajstić information content (AvgIpc) is 0.756. The second kappa shape index (κ2) is 33.8. The van der Waals surface area contributed by atoms with Crippen LogP contribution in [0.4, 0.5) is 0 Å². The number of pyridine rings is 3. The first-order valence-corrected chi connectivity index (χ1v) is 50.4. The maximum absolute atomic E-state index is 2.67. The highest BCUT2D eigenvalue weighted by Gasteiger charge is 2.46. The Morgan fingerprint density at radius 1 is 0.302 bits per heavy atom. The maximum Gasteiger partial charge on any atom is 0.220 e. The van der Waals surface area contributed by atoms with E-state index in [0.717, 1.165) is 23.7 Å². The Balaban J connectivity index is 0.000000159. The lowest BCUT2D eigenvalue weighted by Crippen LogP contribution is -2.53. The van der Waals surface area contributed by atoms with Crippen molar-refractivity contribution in [2.24, 2.45) is 21.1 Å². The van der Waals surface area contributed by atoms with E-state index < -0.39 is 24.2 Å². The number of fused-ring (bicyclic) bond motifs is 3. The first-order chi connectivity index (χ1) is 50.5. The number of benzene rings is 6. The quantitative estimate of drug-likeness (QED) is 0.0675. The summed E-state index contributed by atoms with van der Waals surface area (Å²) < 4.78 is 7.10. The molecule has 0 aliphatic heterocycles. The largest absolute Gasteiger partial charge is 0.220 e. The van der Waals surface area contributed by atoms with Crippen molar-refractivity contribution in [1.29, 1.82) is 0 Å². The highest BCUT2D eigenvalue weighted by atomic mass is 28.3. The van der Waals surface area contributed by atoms with Crippen molar-refractivity contribution in [3.8, 4) is 33.8 Å². The van der Waals surface area contributed by atoms with Gasteiger partial charge in [0, 0.05) is 23.8 Å². The van der Waals surface area contributed by atoms with Crippen LogP contribution in [0, 0.1) is 27.7 Å². The number of hydrogen-bond acceptors (Lipinski definition) is 0. The molecule has 13 rings (SSSR count). The zero-order valence-electron chi connectivity index (χ0n) is 71.2. The molecule has 106 heavy (non-hydrogen) atoms. The summed E-state index contributed by atoms with van der Waals surface area (Å²) in [4.78, 5) is 0. The van der Waals surface area contributed by atoms with E-state index >= 15 is 0 Å². The summed E-state index contributed by atoms with van der Waals surface area (Å²) in [7, 11) is 1.86. The van der Waals surface area contributed by atoms with Gasteiger partial charge in [0.2, 0.25) is 17.1 Å². The van der Waals surface area contributed by atoms with Gasteiger partial charge < -0.3 is 0 Å². The molecule has 9 aromatic rings. The van der Waals surface area contributed by atoms with Crippen molar-refractivity contribution in [2.75, 3.05) is 0 Å². The fourth-order valence-electron chi connectivity index (χ4n) is 22.4. The molecule has 4 saturated carbocycles. The zero-order chi connectivity index (χ0) is 76.3. The fourth-order valence-corrected chi connectivity index (χ4v) is 37.8. The van der Waals surface area contributed by atoms with Crippen molar-refractivity contribution in [3.63, 3.8) is 0 Å². The predicted octanol–water partition coefficient (Wildman–Crippen LogP) is 26.9. The van der Waals surface area contributed by atoms with Gasteiger partial charge in [-0.15, -0.1) is 0 Å². The van der Waals surface area contributed by atoms with Gasteiger partial charge in [-0.05, 0) is 215 Å². The van der Waals surface area contributed by atoms with E-state index in [1.807, 2.05) is 0 Å².